The molecule has 0 fully saturated rings. The molecule has 0 saturated heterocycles. The fourth-order valence-electron chi connectivity index (χ4n) is 3.19. The molecule has 0 spiro atoms. The number of rotatable bonds is 5. The Labute approximate surface area is 174 Å². The van der Waals surface area contributed by atoms with Crippen molar-refractivity contribution in [2.45, 2.75) is 51.7 Å². The SMILES string of the molecule is CC(C)(C)OC(=O)C1CNCc2sc(NC(=O)CCc3cccnc3)c(C#N)c21. The molecule has 1 aliphatic rings. The minimum Gasteiger partial charge on any atom is -0.459 e. The van der Waals surface area contributed by atoms with Crippen LogP contribution in [0.1, 0.15) is 54.7 Å². The maximum atomic E-state index is 12.7. The van der Waals surface area contributed by atoms with Crippen LogP contribution in [0, 0.1) is 11.3 Å². The van der Waals surface area contributed by atoms with Gasteiger partial charge in [0.25, 0.3) is 0 Å². The van der Waals surface area contributed by atoms with Crippen molar-refractivity contribution in [3.8, 4) is 6.07 Å². The summed E-state index contributed by atoms with van der Waals surface area (Å²) in [6.07, 6.45) is 4.27. The molecule has 0 aromatic carbocycles. The second kappa shape index (κ2) is 8.72. The number of pyridine rings is 1. The van der Waals surface area contributed by atoms with Gasteiger partial charge in [-0.3, -0.25) is 14.6 Å². The highest BCUT2D eigenvalue weighted by atomic mass is 32.1. The highest BCUT2D eigenvalue weighted by molar-refractivity contribution is 7.16. The smallest absolute Gasteiger partial charge is 0.315 e. The van der Waals surface area contributed by atoms with Gasteiger partial charge in [0.1, 0.15) is 16.7 Å². The summed E-state index contributed by atoms with van der Waals surface area (Å²) in [6.45, 7) is 6.40. The molecule has 152 valence electrons. The van der Waals surface area contributed by atoms with Gasteiger partial charge in [0.15, 0.2) is 0 Å². The third kappa shape index (κ3) is 5.19. The van der Waals surface area contributed by atoms with Gasteiger partial charge in [0.2, 0.25) is 5.91 Å². The van der Waals surface area contributed by atoms with E-state index < -0.39 is 11.5 Å². The van der Waals surface area contributed by atoms with E-state index in [2.05, 4.69) is 21.7 Å². The third-order valence-corrected chi connectivity index (χ3v) is 5.55. The number of fused-ring (bicyclic) bond motifs is 1. The molecule has 0 saturated carbocycles. The number of hydrogen-bond donors (Lipinski definition) is 2. The van der Waals surface area contributed by atoms with Gasteiger partial charge in [0, 0.05) is 42.3 Å². The van der Waals surface area contributed by atoms with E-state index in [0.717, 1.165) is 10.4 Å². The molecule has 8 heteroatoms. The molecule has 1 atom stereocenters. The molecule has 2 aromatic heterocycles. The number of amides is 1. The number of nitriles is 1. The minimum absolute atomic E-state index is 0.175. The number of carbonyl (C=O) groups excluding carboxylic acids is 2. The number of carbonyl (C=O) groups is 2. The lowest BCUT2D eigenvalue weighted by atomic mass is 9.92. The molecule has 29 heavy (non-hydrogen) atoms. The molecule has 3 rings (SSSR count). The number of aromatic nitrogens is 1. The number of nitrogens with zero attached hydrogens (tertiary/aromatic N) is 2. The number of thiophene rings is 1. The van der Waals surface area contributed by atoms with Crippen molar-refractivity contribution in [1.29, 1.82) is 5.26 Å². The summed E-state index contributed by atoms with van der Waals surface area (Å²) in [7, 11) is 0. The van der Waals surface area contributed by atoms with Crippen molar-refractivity contribution >= 4 is 28.2 Å². The van der Waals surface area contributed by atoms with E-state index in [0.29, 0.717) is 35.6 Å². The standard InChI is InChI=1S/C21H24N4O3S/c1-21(2,3)28-20(27)15-11-24-12-16-18(15)14(9-22)19(29-16)25-17(26)7-6-13-5-4-8-23-10-13/h4-5,8,10,15,24H,6-7,11-12H2,1-3H3,(H,25,26). The summed E-state index contributed by atoms with van der Waals surface area (Å²) >= 11 is 1.34. The molecule has 1 amide bonds. The van der Waals surface area contributed by atoms with E-state index in [1.54, 1.807) is 12.4 Å². The predicted molar refractivity (Wildman–Crippen MR) is 111 cm³/mol. The zero-order valence-corrected chi connectivity index (χ0v) is 17.6. The van der Waals surface area contributed by atoms with E-state index in [4.69, 9.17) is 4.74 Å². The number of ether oxygens (including phenoxy) is 1. The first-order chi connectivity index (χ1) is 13.8. The normalized spacial score (nSPS) is 15.9. The van der Waals surface area contributed by atoms with Crippen LogP contribution in [0.4, 0.5) is 5.00 Å². The van der Waals surface area contributed by atoms with E-state index in [1.807, 2.05) is 32.9 Å². The summed E-state index contributed by atoms with van der Waals surface area (Å²) in [5.41, 5.74) is 1.40. The average molecular weight is 413 g/mol. The monoisotopic (exact) mass is 412 g/mol. The highest BCUT2D eigenvalue weighted by Gasteiger charge is 2.35. The molecule has 2 N–H and O–H groups in total. The van der Waals surface area contributed by atoms with Gasteiger partial charge in [0.05, 0.1) is 11.5 Å². The van der Waals surface area contributed by atoms with Crippen LogP contribution in [-0.4, -0.2) is 29.0 Å². The fourth-order valence-corrected chi connectivity index (χ4v) is 4.39. The van der Waals surface area contributed by atoms with Gasteiger partial charge in [-0.25, -0.2) is 0 Å². The summed E-state index contributed by atoms with van der Waals surface area (Å²) < 4.78 is 5.53. The van der Waals surface area contributed by atoms with E-state index in [-0.39, 0.29) is 18.3 Å². The van der Waals surface area contributed by atoms with Gasteiger partial charge in [-0.2, -0.15) is 5.26 Å². The molecule has 7 nitrogen and oxygen atoms in total. The van der Waals surface area contributed by atoms with Crippen LogP contribution in [0.3, 0.4) is 0 Å². The maximum Gasteiger partial charge on any atom is 0.315 e. The molecular formula is C21H24N4O3S. The number of aryl methyl sites for hydroxylation is 1. The topological polar surface area (TPSA) is 104 Å². The third-order valence-electron chi connectivity index (χ3n) is 4.42. The molecule has 2 aromatic rings. The van der Waals surface area contributed by atoms with Crippen LogP contribution in [0.2, 0.25) is 0 Å². The Hall–Kier alpha value is -2.76. The molecule has 0 aliphatic carbocycles. The number of anilines is 1. The lowest BCUT2D eigenvalue weighted by Crippen LogP contribution is -2.36. The number of hydrogen-bond acceptors (Lipinski definition) is 7. The van der Waals surface area contributed by atoms with Crippen LogP contribution in [0.5, 0.6) is 0 Å². The first-order valence-electron chi connectivity index (χ1n) is 9.46. The maximum absolute atomic E-state index is 12.7. The highest BCUT2D eigenvalue weighted by Crippen LogP contribution is 2.40. The van der Waals surface area contributed by atoms with Crippen molar-refractivity contribution in [3.05, 3.63) is 46.1 Å². The molecule has 0 bridgehead atoms. The van der Waals surface area contributed by atoms with Crippen molar-refractivity contribution in [3.63, 3.8) is 0 Å². The van der Waals surface area contributed by atoms with Crippen LogP contribution >= 0.6 is 11.3 Å². The van der Waals surface area contributed by atoms with Gasteiger partial charge < -0.3 is 15.4 Å². The fraction of sp³-hybridized carbons (Fsp3) is 0.429. The average Bonchev–Trinajstić information content (AvgIpc) is 3.02. The van der Waals surface area contributed by atoms with Crippen molar-refractivity contribution in [1.82, 2.24) is 10.3 Å². The van der Waals surface area contributed by atoms with Crippen LogP contribution in [-0.2, 0) is 27.3 Å². The molecule has 1 unspecified atom stereocenters. The summed E-state index contributed by atoms with van der Waals surface area (Å²) in [6, 6.07) is 5.93. The van der Waals surface area contributed by atoms with Gasteiger partial charge >= 0.3 is 5.97 Å². The van der Waals surface area contributed by atoms with Crippen LogP contribution in [0.25, 0.3) is 0 Å². The Morgan fingerprint density at radius 1 is 1.45 bits per heavy atom. The molecule has 1 aliphatic heterocycles. The van der Waals surface area contributed by atoms with Crippen molar-refractivity contribution < 1.29 is 14.3 Å². The number of nitrogens with one attached hydrogen (secondary N) is 2. The first kappa shape index (κ1) is 21.0. The molecular weight excluding hydrogens is 388 g/mol. The summed E-state index contributed by atoms with van der Waals surface area (Å²) in [5.74, 6) is -1.11. The van der Waals surface area contributed by atoms with Crippen LogP contribution in [0.15, 0.2) is 24.5 Å². The second-order valence-corrected chi connectivity index (χ2v) is 8.99. The number of esters is 1. The van der Waals surface area contributed by atoms with Crippen LogP contribution < -0.4 is 10.6 Å². The largest absolute Gasteiger partial charge is 0.459 e. The quantitative estimate of drug-likeness (QED) is 0.731. The second-order valence-electron chi connectivity index (χ2n) is 7.88. The Morgan fingerprint density at radius 3 is 2.90 bits per heavy atom. The lowest BCUT2D eigenvalue weighted by molar-refractivity contribution is -0.156. The van der Waals surface area contributed by atoms with Gasteiger partial charge in [-0.1, -0.05) is 6.07 Å². The van der Waals surface area contributed by atoms with Crippen molar-refractivity contribution in [2.24, 2.45) is 0 Å². The zero-order chi connectivity index (χ0) is 21.0. The van der Waals surface area contributed by atoms with E-state index in [9.17, 15) is 14.9 Å². The Balaban J connectivity index is 1.77. The Morgan fingerprint density at radius 2 is 2.24 bits per heavy atom. The van der Waals surface area contributed by atoms with Gasteiger partial charge in [-0.05, 0) is 38.8 Å². The Bertz CT molecular complexity index is 941. The zero-order valence-electron chi connectivity index (χ0n) is 16.7. The summed E-state index contributed by atoms with van der Waals surface area (Å²) in [5, 5.41) is 16.3. The van der Waals surface area contributed by atoms with Crippen molar-refractivity contribution in [2.75, 3.05) is 11.9 Å². The summed E-state index contributed by atoms with van der Waals surface area (Å²) in [4.78, 5) is 30.0. The Kier molecular flexibility index (Phi) is 6.30. The van der Waals surface area contributed by atoms with E-state index in [1.165, 1.54) is 11.3 Å². The lowest BCUT2D eigenvalue weighted by Gasteiger charge is -2.27. The first-order valence-corrected chi connectivity index (χ1v) is 10.3. The minimum atomic E-state index is -0.610. The molecule has 0 radical (unpaired) electrons. The van der Waals surface area contributed by atoms with Gasteiger partial charge in [-0.15, -0.1) is 11.3 Å². The molecule has 3 heterocycles. The predicted octanol–water partition coefficient (Wildman–Crippen LogP) is 3.11. The van der Waals surface area contributed by atoms with E-state index >= 15 is 0 Å².